The van der Waals surface area contributed by atoms with Crippen LogP contribution in [-0.2, 0) is 0 Å². The van der Waals surface area contributed by atoms with E-state index < -0.39 is 6.23 Å². The Morgan fingerprint density at radius 1 is 1.47 bits per heavy atom. The predicted octanol–water partition coefficient (Wildman–Crippen LogP) is -0.936. The second kappa shape index (κ2) is 6.85. The molecule has 1 aromatic rings. The fourth-order valence-corrected chi connectivity index (χ4v) is 1.28. The van der Waals surface area contributed by atoms with Crippen LogP contribution in [0.3, 0.4) is 0 Å². The Balaban J connectivity index is 2.61. The number of amides is 1. The highest BCUT2D eigenvalue weighted by molar-refractivity contribution is 5.95. The predicted molar refractivity (Wildman–Crippen MR) is 66.5 cm³/mol. The number of benzene rings is 1. The summed E-state index contributed by atoms with van der Waals surface area (Å²) in [4.78, 5) is 11.6. The summed E-state index contributed by atoms with van der Waals surface area (Å²) in [5, 5.41) is 14.5. The first-order valence-corrected chi connectivity index (χ1v) is 5.39. The number of rotatable bonds is 6. The summed E-state index contributed by atoms with van der Waals surface area (Å²) < 4.78 is 0. The maximum Gasteiger partial charge on any atom is 0.251 e. The largest absolute Gasteiger partial charge is 0.381 e. The molecule has 6 nitrogen and oxygen atoms in total. The molecule has 0 aliphatic heterocycles. The van der Waals surface area contributed by atoms with Crippen LogP contribution in [0.1, 0.15) is 10.4 Å². The standard InChI is InChI=1S/C11H18N4O2/c12-4-5-14-11(17)8-2-1-3-9(6-8)15-7-10(13)16/h1-3,6,10,15-16H,4-5,7,12-13H2,(H,14,17). The second-order valence-electron chi connectivity index (χ2n) is 3.57. The maximum absolute atomic E-state index is 11.6. The average Bonchev–Trinajstić information content (AvgIpc) is 2.33. The molecule has 0 bridgehead atoms. The Morgan fingerprint density at radius 3 is 2.88 bits per heavy atom. The molecule has 0 aliphatic carbocycles. The van der Waals surface area contributed by atoms with Gasteiger partial charge in [-0.3, -0.25) is 4.79 Å². The van der Waals surface area contributed by atoms with E-state index in [1.54, 1.807) is 24.3 Å². The van der Waals surface area contributed by atoms with Crippen LogP contribution in [0.25, 0.3) is 0 Å². The number of carbonyl (C=O) groups excluding carboxylic acids is 1. The number of hydrogen-bond donors (Lipinski definition) is 5. The number of carbonyl (C=O) groups is 1. The van der Waals surface area contributed by atoms with Gasteiger partial charge in [-0.1, -0.05) is 6.07 Å². The molecule has 0 saturated carbocycles. The minimum absolute atomic E-state index is 0.174. The van der Waals surface area contributed by atoms with Crippen molar-refractivity contribution in [2.24, 2.45) is 11.5 Å². The van der Waals surface area contributed by atoms with Gasteiger partial charge in [-0.2, -0.15) is 0 Å². The highest BCUT2D eigenvalue weighted by Crippen LogP contribution is 2.10. The van der Waals surface area contributed by atoms with Crippen molar-refractivity contribution in [1.82, 2.24) is 5.32 Å². The van der Waals surface area contributed by atoms with E-state index in [0.717, 1.165) is 5.69 Å². The van der Waals surface area contributed by atoms with Crippen LogP contribution in [-0.4, -0.2) is 36.9 Å². The summed E-state index contributed by atoms with van der Waals surface area (Å²) in [7, 11) is 0. The second-order valence-corrected chi connectivity index (χ2v) is 3.57. The summed E-state index contributed by atoms with van der Waals surface area (Å²) >= 11 is 0. The normalized spacial score (nSPS) is 11.9. The molecule has 0 spiro atoms. The number of aliphatic hydroxyl groups excluding tert-OH is 1. The van der Waals surface area contributed by atoms with Gasteiger partial charge < -0.3 is 27.2 Å². The van der Waals surface area contributed by atoms with E-state index in [2.05, 4.69) is 10.6 Å². The summed E-state index contributed by atoms with van der Waals surface area (Å²) in [6.07, 6.45) is -0.926. The van der Waals surface area contributed by atoms with Crippen molar-refractivity contribution in [3.05, 3.63) is 29.8 Å². The molecule has 1 unspecified atom stereocenters. The average molecular weight is 238 g/mol. The monoisotopic (exact) mass is 238 g/mol. The molecule has 17 heavy (non-hydrogen) atoms. The van der Waals surface area contributed by atoms with Crippen LogP contribution in [0.4, 0.5) is 5.69 Å². The molecule has 0 saturated heterocycles. The summed E-state index contributed by atoms with van der Waals surface area (Å²) in [5.41, 5.74) is 11.8. The van der Waals surface area contributed by atoms with Gasteiger partial charge in [0, 0.05) is 24.3 Å². The Kier molecular flexibility index (Phi) is 5.41. The maximum atomic E-state index is 11.6. The topological polar surface area (TPSA) is 113 Å². The lowest BCUT2D eigenvalue weighted by atomic mass is 10.2. The number of aliphatic hydroxyl groups is 1. The molecule has 0 radical (unpaired) electrons. The number of anilines is 1. The molecular formula is C11H18N4O2. The van der Waals surface area contributed by atoms with Crippen molar-refractivity contribution in [2.45, 2.75) is 6.23 Å². The molecule has 0 heterocycles. The number of nitrogens with two attached hydrogens (primary N) is 2. The number of nitrogens with one attached hydrogen (secondary N) is 2. The van der Waals surface area contributed by atoms with Crippen molar-refractivity contribution in [2.75, 3.05) is 25.0 Å². The molecule has 0 fully saturated rings. The Labute approximate surface area is 100.0 Å². The minimum Gasteiger partial charge on any atom is -0.381 e. The van der Waals surface area contributed by atoms with Gasteiger partial charge in [0.15, 0.2) is 0 Å². The minimum atomic E-state index is -0.926. The molecule has 1 atom stereocenters. The van der Waals surface area contributed by atoms with Crippen LogP contribution in [0.5, 0.6) is 0 Å². The molecule has 1 rings (SSSR count). The Bertz CT molecular complexity index is 368. The Morgan fingerprint density at radius 2 is 2.24 bits per heavy atom. The van der Waals surface area contributed by atoms with Crippen molar-refractivity contribution in [3.63, 3.8) is 0 Å². The van der Waals surface area contributed by atoms with Gasteiger partial charge in [-0.25, -0.2) is 0 Å². The SMILES string of the molecule is NCCNC(=O)c1cccc(NCC(N)O)c1. The lowest BCUT2D eigenvalue weighted by Gasteiger charge is -2.10. The van der Waals surface area contributed by atoms with Crippen molar-refractivity contribution >= 4 is 11.6 Å². The fourth-order valence-electron chi connectivity index (χ4n) is 1.28. The first kappa shape index (κ1) is 13.4. The van der Waals surface area contributed by atoms with Gasteiger partial charge in [-0.05, 0) is 18.2 Å². The van der Waals surface area contributed by atoms with Crippen molar-refractivity contribution < 1.29 is 9.90 Å². The van der Waals surface area contributed by atoms with Gasteiger partial charge in [0.1, 0.15) is 6.23 Å². The lowest BCUT2D eigenvalue weighted by Crippen LogP contribution is -2.29. The van der Waals surface area contributed by atoms with Crippen LogP contribution >= 0.6 is 0 Å². The highest BCUT2D eigenvalue weighted by atomic mass is 16.3. The van der Waals surface area contributed by atoms with E-state index in [9.17, 15) is 4.79 Å². The highest BCUT2D eigenvalue weighted by Gasteiger charge is 2.05. The molecule has 0 aromatic heterocycles. The molecule has 7 N–H and O–H groups in total. The van der Waals surface area contributed by atoms with Crippen LogP contribution in [0.15, 0.2) is 24.3 Å². The van der Waals surface area contributed by atoms with E-state index in [4.69, 9.17) is 16.6 Å². The first-order chi connectivity index (χ1) is 8.13. The first-order valence-electron chi connectivity index (χ1n) is 5.39. The third-order valence-electron chi connectivity index (χ3n) is 2.07. The van der Waals surface area contributed by atoms with Crippen LogP contribution < -0.4 is 22.1 Å². The summed E-state index contributed by atoms with van der Waals surface area (Å²) in [6.45, 7) is 1.08. The third-order valence-corrected chi connectivity index (χ3v) is 2.07. The van der Waals surface area contributed by atoms with Gasteiger partial charge in [0.05, 0.1) is 6.54 Å². The van der Waals surface area contributed by atoms with Crippen LogP contribution in [0, 0.1) is 0 Å². The van der Waals surface area contributed by atoms with Crippen molar-refractivity contribution in [3.8, 4) is 0 Å². The molecular weight excluding hydrogens is 220 g/mol. The number of hydrogen-bond acceptors (Lipinski definition) is 5. The van der Waals surface area contributed by atoms with Gasteiger partial charge >= 0.3 is 0 Å². The lowest BCUT2D eigenvalue weighted by molar-refractivity contribution is 0.0955. The Hall–Kier alpha value is -1.63. The summed E-state index contributed by atoms with van der Waals surface area (Å²) in [5.74, 6) is -0.174. The zero-order valence-corrected chi connectivity index (χ0v) is 9.52. The molecule has 0 aliphatic rings. The fraction of sp³-hybridized carbons (Fsp3) is 0.364. The zero-order valence-electron chi connectivity index (χ0n) is 9.52. The smallest absolute Gasteiger partial charge is 0.251 e. The molecule has 1 aromatic carbocycles. The van der Waals surface area contributed by atoms with E-state index in [-0.39, 0.29) is 12.5 Å². The quantitative estimate of drug-likeness (QED) is 0.411. The van der Waals surface area contributed by atoms with E-state index in [1.807, 2.05) is 0 Å². The van der Waals surface area contributed by atoms with Gasteiger partial charge in [0.2, 0.25) is 0 Å². The third kappa shape index (κ3) is 4.81. The van der Waals surface area contributed by atoms with Gasteiger partial charge in [-0.15, -0.1) is 0 Å². The van der Waals surface area contributed by atoms with E-state index in [0.29, 0.717) is 18.7 Å². The van der Waals surface area contributed by atoms with E-state index >= 15 is 0 Å². The van der Waals surface area contributed by atoms with Crippen LogP contribution in [0.2, 0.25) is 0 Å². The van der Waals surface area contributed by atoms with Crippen molar-refractivity contribution in [1.29, 1.82) is 0 Å². The zero-order chi connectivity index (χ0) is 12.7. The van der Waals surface area contributed by atoms with Gasteiger partial charge in [0.25, 0.3) is 5.91 Å². The molecule has 6 heteroatoms. The summed E-state index contributed by atoms with van der Waals surface area (Å²) in [6, 6.07) is 6.94. The van der Waals surface area contributed by atoms with E-state index in [1.165, 1.54) is 0 Å². The molecule has 94 valence electrons. The molecule has 1 amide bonds.